The van der Waals surface area contributed by atoms with Crippen LogP contribution in [-0.4, -0.2) is 72.0 Å². The van der Waals surface area contributed by atoms with Crippen molar-refractivity contribution in [3.8, 4) is 0 Å². The van der Waals surface area contributed by atoms with E-state index < -0.39 is 0 Å². The molecule has 0 aliphatic carbocycles. The van der Waals surface area contributed by atoms with Gasteiger partial charge in [-0.05, 0) is 32.7 Å². The fraction of sp³-hybridized carbons (Fsp3) is 0.933. The van der Waals surface area contributed by atoms with Crippen molar-refractivity contribution in [2.24, 2.45) is 0 Å². The lowest BCUT2D eigenvalue weighted by atomic mass is 10.0. The Labute approximate surface area is 116 Å². The summed E-state index contributed by atoms with van der Waals surface area (Å²) >= 11 is 0. The third-order valence-corrected chi connectivity index (χ3v) is 5.51. The molecular weight excluding hydrogens is 238 g/mol. The molecule has 3 heterocycles. The third kappa shape index (κ3) is 2.52. The number of piperazine rings is 1. The summed E-state index contributed by atoms with van der Waals surface area (Å²) in [5.41, 5.74) is 0. The summed E-state index contributed by atoms with van der Waals surface area (Å²) in [6.45, 7) is 6.41. The molecule has 3 aliphatic rings. The highest BCUT2D eigenvalue weighted by atomic mass is 16.2. The SMILES string of the molecule is CCC(=O)N1CCC(N2CC3CCC(C2)N3C)CC1. The van der Waals surface area contributed by atoms with Gasteiger partial charge in [0.1, 0.15) is 0 Å². The predicted molar refractivity (Wildman–Crippen MR) is 76.0 cm³/mol. The van der Waals surface area contributed by atoms with Gasteiger partial charge < -0.3 is 4.90 Å². The van der Waals surface area contributed by atoms with Gasteiger partial charge in [-0.15, -0.1) is 0 Å². The van der Waals surface area contributed by atoms with Gasteiger partial charge in [-0.2, -0.15) is 0 Å². The molecule has 0 aromatic rings. The molecule has 0 saturated carbocycles. The van der Waals surface area contributed by atoms with E-state index >= 15 is 0 Å². The van der Waals surface area contributed by atoms with E-state index in [9.17, 15) is 4.79 Å². The van der Waals surface area contributed by atoms with Gasteiger partial charge >= 0.3 is 0 Å². The molecule has 3 aliphatic heterocycles. The molecule has 2 bridgehead atoms. The largest absolute Gasteiger partial charge is 0.343 e. The van der Waals surface area contributed by atoms with Gasteiger partial charge in [-0.1, -0.05) is 6.92 Å². The van der Waals surface area contributed by atoms with E-state index in [0.717, 1.165) is 31.2 Å². The monoisotopic (exact) mass is 265 g/mol. The van der Waals surface area contributed by atoms with Gasteiger partial charge in [0.05, 0.1) is 0 Å². The molecule has 3 fully saturated rings. The zero-order valence-electron chi connectivity index (χ0n) is 12.3. The van der Waals surface area contributed by atoms with Gasteiger partial charge in [0, 0.05) is 50.7 Å². The maximum Gasteiger partial charge on any atom is 0.222 e. The number of carbonyl (C=O) groups is 1. The van der Waals surface area contributed by atoms with Crippen LogP contribution in [0.1, 0.15) is 39.0 Å². The van der Waals surface area contributed by atoms with E-state index in [4.69, 9.17) is 0 Å². The first-order valence-electron chi connectivity index (χ1n) is 7.92. The van der Waals surface area contributed by atoms with E-state index in [2.05, 4.69) is 21.7 Å². The van der Waals surface area contributed by atoms with Crippen LogP contribution in [0.2, 0.25) is 0 Å². The molecule has 4 heteroatoms. The molecule has 3 saturated heterocycles. The summed E-state index contributed by atoms with van der Waals surface area (Å²) in [6, 6.07) is 2.29. The second kappa shape index (κ2) is 5.41. The number of likely N-dealkylation sites (tertiary alicyclic amines) is 2. The Balaban J connectivity index is 1.54. The summed E-state index contributed by atoms with van der Waals surface area (Å²) in [6.07, 6.45) is 5.77. The number of piperidine rings is 1. The minimum atomic E-state index is 0.330. The molecule has 4 nitrogen and oxygen atoms in total. The summed E-state index contributed by atoms with van der Waals surface area (Å²) in [4.78, 5) is 19.1. The smallest absolute Gasteiger partial charge is 0.222 e. The Morgan fingerprint density at radius 3 is 2.11 bits per heavy atom. The van der Waals surface area contributed by atoms with Gasteiger partial charge in [0.25, 0.3) is 0 Å². The first-order chi connectivity index (χ1) is 9.19. The van der Waals surface area contributed by atoms with Crippen molar-refractivity contribution in [2.45, 2.75) is 57.2 Å². The van der Waals surface area contributed by atoms with Gasteiger partial charge in [-0.25, -0.2) is 0 Å². The Kier molecular flexibility index (Phi) is 3.81. The molecule has 108 valence electrons. The normalized spacial score (nSPS) is 33.9. The second-order valence-corrected chi connectivity index (χ2v) is 6.47. The summed E-state index contributed by atoms with van der Waals surface area (Å²) in [5, 5.41) is 0. The van der Waals surface area contributed by atoms with Crippen molar-refractivity contribution in [3.63, 3.8) is 0 Å². The predicted octanol–water partition coefficient (Wildman–Crippen LogP) is 1.17. The van der Waals surface area contributed by atoms with Crippen LogP contribution < -0.4 is 0 Å². The lowest BCUT2D eigenvalue weighted by molar-refractivity contribution is -0.132. The average Bonchev–Trinajstić information content (AvgIpc) is 2.68. The third-order valence-electron chi connectivity index (χ3n) is 5.51. The van der Waals surface area contributed by atoms with Crippen molar-refractivity contribution in [2.75, 3.05) is 33.2 Å². The molecule has 0 radical (unpaired) electrons. The van der Waals surface area contributed by atoms with Crippen molar-refractivity contribution >= 4 is 5.91 Å². The zero-order valence-corrected chi connectivity index (χ0v) is 12.3. The fourth-order valence-corrected chi connectivity index (χ4v) is 4.15. The number of hydrogen-bond donors (Lipinski definition) is 0. The summed E-state index contributed by atoms with van der Waals surface area (Å²) < 4.78 is 0. The number of likely N-dealkylation sites (N-methyl/N-ethyl adjacent to an activating group) is 1. The Morgan fingerprint density at radius 1 is 1.00 bits per heavy atom. The highest BCUT2D eigenvalue weighted by molar-refractivity contribution is 5.75. The second-order valence-electron chi connectivity index (χ2n) is 6.47. The molecule has 19 heavy (non-hydrogen) atoms. The molecule has 3 rings (SSSR count). The summed E-state index contributed by atoms with van der Waals surface area (Å²) in [5.74, 6) is 0.330. The molecule has 1 amide bonds. The first kappa shape index (κ1) is 13.4. The molecular formula is C15H27N3O. The molecule has 0 aromatic carbocycles. The summed E-state index contributed by atoms with van der Waals surface area (Å²) in [7, 11) is 2.29. The van der Waals surface area contributed by atoms with E-state index in [0.29, 0.717) is 12.3 Å². The Bertz CT molecular complexity index is 324. The highest BCUT2D eigenvalue weighted by Crippen LogP contribution is 2.31. The fourth-order valence-electron chi connectivity index (χ4n) is 4.15. The van der Waals surface area contributed by atoms with Crippen LogP contribution in [0.15, 0.2) is 0 Å². The van der Waals surface area contributed by atoms with E-state index in [-0.39, 0.29) is 0 Å². The van der Waals surface area contributed by atoms with Crippen LogP contribution in [0.3, 0.4) is 0 Å². The van der Waals surface area contributed by atoms with Gasteiger partial charge in [0.2, 0.25) is 5.91 Å². The van der Waals surface area contributed by atoms with Crippen LogP contribution in [0, 0.1) is 0 Å². The van der Waals surface area contributed by atoms with Gasteiger partial charge in [0.15, 0.2) is 0 Å². The molecule has 2 atom stereocenters. The van der Waals surface area contributed by atoms with Crippen molar-refractivity contribution in [1.82, 2.24) is 14.7 Å². The first-order valence-corrected chi connectivity index (χ1v) is 7.92. The van der Waals surface area contributed by atoms with Crippen LogP contribution in [0.25, 0.3) is 0 Å². The van der Waals surface area contributed by atoms with E-state index in [1.54, 1.807) is 0 Å². The van der Waals surface area contributed by atoms with Crippen molar-refractivity contribution < 1.29 is 4.79 Å². The number of rotatable bonds is 2. The standard InChI is InChI=1S/C15H27N3O/c1-3-15(19)17-8-6-12(7-9-17)18-10-13-4-5-14(11-18)16(13)2/h12-14H,3-11H2,1-2H3. The highest BCUT2D eigenvalue weighted by Gasteiger charge is 2.40. The lowest BCUT2D eigenvalue weighted by Gasteiger charge is -2.45. The quantitative estimate of drug-likeness (QED) is 0.750. The van der Waals surface area contributed by atoms with Crippen LogP contribution in [-0.2, 0) is 4.79 Å². The van der Waals surface area contributed by atoms with Crippen LogP contribution in [0.5, 0.6) is 0 Å². The van der Waals surface area contributed by atoms with Crippen molar-refractivity contribution in [1.29, 1.82) is 0 Å². The van der Waals surface area contributed by atoms with Gasteiger partial charge in [-0.3, -0.25) is 14.6 Å². The number of carbonyl (C=O) groups excluding carboxylic acids is 1. The average molecular weight is 265 g/mol. The van der Waals surface area contributed by atoms with Crippen LogP contribution >= 0.6 is 0 Å². The molecule has 0 spiro atoms. The zero-order chi connectivity index (χ0) is 13.4. The number of amides is 1. The minimum Gasteiger partial charge on any atom is -0.343 e. The topological polar surface area (TPSA) is 26.8 Å². The minimum absolute atomic E-state index is 0.330. The molecule has 0 aromatic heterocycles. The van der Waals surface area contributed by atoms with E-state index in [1.165, 1.54) is 38.8 Å². The number of nitrogens with zero attached hydrogens (tertiary/aromatic N) is 3. The maximum absolute atomic E-state index is 11.7. The van der Waals surface area contributed by atoms with Crippen molar-refractivity contribution in [3.05, 3.63) is 0 Å². The number of hydrogen-bond acceptors (Lipinski definition) is 3. The number of fused-ring (bicyclic) bond motifs is 2. The van der Waals surface area contributed by atoms with Crippen LogP contribution in [0.4, 0.5) is 0 Å². The Hall–Kier alpha value is -0.610. The Morgan fingerprint density at radius 2 is 1.58 bits per heavy atom. The maximum atomic E-state index is 11.7. The molecule has 0 N–H and O–H groups in total. The lowest BCUT2D eigenvalue weighted by Crippen LogP contribution is -2.57. The van der Waals surface area contributed by atoms with E-state index in [1.807, 2.05) is 6.92 Å². The molecule has 2 unspecified atom stereocenters.